The number of sulfone groups is 1. The normalized spacial score (nSPS) is 13.6. The average molecular weight is 358 g/mol. The van der Waals surface area contributed by atoms with Crippen molar-refractivity contribution in [3.8, 4) is 34.3 Å². The van der Waals surface area contributed by atoms with Gasteiger partial charge in [-0.15, -0.1) is 0 Å². The third-order valence-corrected chi connectivity index (χ3v) is 4.88. The zero-order valence-electron chi connectivity index (χ0n) is 13.3. The number of hydrogen-bond donors (Lipinski definition) is 0. The molecule has 1 aliphatic heterocycles. The van der Waals surface area contributed by atoms with Gasteiger partial charge in [-0.1, -0.05) is 5.16 Å². The number of ether oxygens (including phenoxy) is 2. The number of fused-ring (bicyclic) bond motifs is 1. The number of benzene rings is 2. The molecule has 0 atom stereocenters. The maximum absolute atomic E-state index is 11.5. The second-order valence-corrected chi connectivity index (χ2v) is 7.59. The van der Waals surface area contributed by atoms with Crippen LogP contribution in [0.15, 0.2) is 51.9 Å². The molecule has 128 valence electrons. The third kappa shape index (κ3) is 3.08. The monoisotopic (exact) mass is 358 g/mol. The summed E-state index contributed by atoms with van der Waals surface area (Å²) in [4.78, 5) is 4.61. The Balaban J connectivity index is 1.64. The molecule has 4 rings (SSSR count). The van der Waals surface area contributed by atoms with Gasteiger partial charge in [0.15, 0.2) is 21.3 Å². The van der Waals surface area contributed by atoms with Gasteiger partial charge in [0.2, 0.25) is 5.82 Å². The van der Waals surface area contributed by atoms with Gasteiger partial charge in [-0.2, -0.15) is 4.98 Å². The number of rotatable bonds is 3. The van der Waals surface area contributed by atoms with Gasteiger partial charge in [0.1, 0.15) is 13.2 Å². The highest BCUT2D eigenvalue weighted by atomic mass is 32.2. The maximum atomic E-state index is 11.5. The Bertz CT molecular complexity index is 1030. The van der Waals surface area contributed by atoms with Crippen LogP contribution in [0.1, 0.15) is 0 Å². The van der Waals surface area contributed by atoms with E-state index in [1.807, 2.05) is 6.07 Å². The van der Waals surface area contributed by atoms with Crippen LogP contribution in [0.4, 0.5) is 0 Å². The van der Waals surface area contributed by atoms with Gasteiger partial charge in [-0.25, -0.2) is 8.42 Å². The van der Waals surface area contributed by atoms with E-state index in [2.05, 4.69) is 10.1 Å². The predicted octanol–water partition coefficient (Wildman–Crippen LogP) is 2.58. The first-order valence-electron chi connectivity index (χ1n) is 7.55. The van der Waals surface area contributed by atoms with Crippen molar-refractivity contribution < 1.29 is 22.4 Å². The van der Waals surface area contributed by atoms with Crippen LogP contribution in [-0.2, 0) is 9.84 Å². The summed E-state index contributed by atoms with van der Waals surface area (Å²) in [6.45, 7) is 1.03. The van der Waals surface area contributed by atoms with Crippen molar-refractivity contribution >= 4 is 9.84 Å². The molecule has 1 aliphatic rings. The zero-order chi connectivity index (χ0) is 17.4. The van der Waals surface area contributed by atoms with E-state index in [4.69, 9.17) is 14.0 Å². The molecule has 0 fully saturated rings. The Morgan fingerprint density at radius 1 is 0.920 bits per heavy atom. The summed E-state index contributed by atoms with van der Waals surface area (Å²) in [6.07, 6.45) is 1.16. The van der Waals surface area contributed by atoms with Crippen molar-refractivity contribution in [2.24, 2.45) is 0 Å². The summed E-state index contributed by atoms with van der Waals surface area (Å²) in [7, 11) is -3.24. The Morgan fingerprint density at radius 3 is 2.32 bits per heavy atom. The number of aromatic nitrogens is 2. The van der Waals surface area contributed by atoms with Crippen LogP contribution in [0.5, 0.6) is 11.5 Å². The molecule has 0 radical (unpaired) electrons. The summed E-state index contributed by atoms with van der Waals surface area (Å²) < 4.78 is 39.4. The highest BCUT2D eigenvalue weighted by molar-refractivity contribution is 7.90. The van der Waals surface area contributed by atoms with E-state index in [0.29, 0.717) is 42.0 Å². The van der Waals surface area contributed by atoms with Gasteiger partial charge in [-0.3, -0.25) is 0 Å². The third-order valence-electron chi connectivity index (χ3n) is 3.76. The maximum Gasteiger partial charge on any atom is 0.258 e. The molecule has 8 heteroatoms. The number of hydrogen-bond acceptors (Lipinski definition) is 7. The minimum absolute atomic E-state index is 0.239. The largest absolute Gasteiger partial charge is 0.486 e. The van der Waals surface area contributed by atoms with Crippen molar-refractivity contribution in [1.82, 2.24) is 10.1 Å². The number of nitrogens with zero attached hydrogens (tertiary/aromatic N) is 2. The first-order chi connectivity index (χ1) is 12.0. The minimum atomic E-state index is -3.24. The Morgan fingerprint density at radius 2 is 1.60 bits per heavy atom. The summed E-state index contributed by atoms with van der Waals surface area (Å²) in [6, 6.07) is 11.7. The van der Waals surface area contributed by atoms with Gasteiger partial charge in [-0.05, 0) is 42.5 Å². The van der Waals surface area contributed by atoms with E-state index in [1.165, 1.54) is 12.1 Å². The summed E-state index contributed by atoms with van der Waals surface area (Å²) in [5.41, 5.74) is 1.38. The van der Waals surface area contributed by atoms with Crippen molar-refractivity contribution in [2.75, 3.05) is 19.5 Å². The van der Waals surface area contributed by atoms with Crippen LogP contribution in [0.3, 0.4) is 0 Å². The minimum Gasteiger partial charge on any atom is -0.486 e. The lowest BCUT2D eigenvalue weighted by Gasteiger charge is -2.18. The van der Waals surface area contributed by atoms with Gasteiger partial charge in [0.05, 0.1) is 4.90 Å². The van der Waals surface area contributed by atoms with Crippen molar-refractivity contribution in [2.45, 2.75) is 4.90 Å². The lowest BCUT2D eigenvalue weighted by Crippen LogP contribution is -2.15. The highest BCUT2D eigenvalue weighted by Crippen LogP contribution is 2.34. The molecule has 1 aromatic heterocycles. The molecule has 0 spiro atoms. The Labute approximate surface area is 144 Å². The molecular formula is C17H14N2O5S. The molecule has 3 aromatic rings. The van der Waals surface area contributed by atoms with E-state index < -0.39 is 9.84 Å². The molecular weight excluding hydrogens is 344 g/mol. The van der Waals surface area contributed by atoms with Crippen LogP contribution >= 0.6 is 0 Å². The summed E-state index contributed by atoms with van der Waals surface area (Å²) in [5, 5.41) is 3.98. The van der Waals surface area contributed by atoms with E-state index in [9.17, 15) is 8.42 Å². The van der Waals surface area contributed by atoms with Crippen molar-refractivity contribution in [1.29, 1.82) is 0 Å². The van der Waals surface area contributed by atoms with E-state index in [-0.39, 0.29) is 4.90 Å². The second-order valence-electron chi connectivity index (χ2n) is 5.58. The molecule has 2 heterocycles. The van der Waals surface area contributed by atoms with Gasteiger partial charge < -0.3 is 14.0 Å². The van der Waals surface area contributed by atoms with Crippen LogP contribution < -0.4 is 9.47 Å². The van der Waals surface area contributed by atoms with E-state index >= 15 is 0 Å². The molecule has 0 saturated carbocycles. The second kappa shape index (κ2) is 5.89. The lowest BCUT2D eigenvalue weighted by atomic mass is 10.2. The molecule has 7 nitrogen and oxygen atoms in total. The van der Waals surface area contributed by atoms with E-state index in [0.717, 1.165) is 11.8 Å². The fourth-order valence-corrected chi connectivity index (χ4v) is 3.12. The fourth-order valence-electron chi connectivity index (χ4n) is 2.49. The van der Waals surface area contributed by atoms with Gasteiger partial charge in [0.25, 0.3) is 5.89 Å². The zero-order valence-corrected chi connectivity index (χ0v) is 14.1. The predicted molar refractivity (Wildman–Crippen MR) is 89.3 cm³/mol. The molecule has 0 unspecified atom stereocenters. The fraction of sp³-hybridized carbons (Fsp3) is 0.176. The van der Waals surface area contributed by atoms with Crippen LogP contribution in [0.25, 0.3) is 22.8 Å². The van der Waals surface area contributed by atoms with Crippen molar-refractivity contribution in [3.63, 3.8) is 0 Å². The molecule has 0 N–H and O–H groups in total. The Kier molecular flexibility index (Phi) is 3.69. The molecule has 0 saturated heterocycles. The Hall–Kier alpha value is -2.87. The summed E-state index contributed by atoms with van der Waals surface area (Å²) in [5.74, 6) is 2.06. The van der Waals surface area contributed by atoms with Crippen LogP contribution in [0.2, 0.25) is 0 Å². The topological polar surface area (TPSA) is 91.5 Å². The van der Waals surface area contributed by atoms with Crippen molar-refractivity contribution in [3.05, 3.63) is 42.5 Å². The standard InChI is InChI=1S/C17H14N2O5S/c1-25(20,21)13-5-2-11(3-6-13)17-18-16(19-24-17)12-4-7-14-15(10-12)23-9-8-22-14/h2-7,10H,8-9H2,1H3. The molecule has 2 aromatic carbocycles. The molecule has 0 aliphatic carbocycles. The van der Waals surface area contributed by atoms with Crippen LogP contribution in [0, 0.1) is 0 Å². The first-order valence-corrected chi connectivity index (χ1v) is 9.44. The van der Waals surface area contributed by atoms with E-state index in [1.54, 1.807) is 24.3 Å². The molecule has 25 heavy (non-hydrogen) atoms. The summed E-state index contributed by atoms with van der Waals surface area (Å²) >= 11 is 0. The van der Waals surface area contributed by atoms with Gasteiger partial charge >= 0.3 is 0 Å². The van der Waals surface area contributed by atoms with Crippen LogP contribution in [-0.4, -0.2) is 38.0 Å². The molecule has 0 bridgehead atoms. The average Bonchev–Trinajstić information content (AvgIpc) is 3.11. The SMILES string of the molecule is CS(=O)(=O)c1ccc(-c2nc(-c3ccc4c(c3)OCCO4)no2)cc1. The smallest absolute Gasteiger partial charge is 0.258 e. The highest BCUT2D eigenvalue weighted by Gasteiger charge is 2.16. The lowest BCUT2D eigenvalue weighted by molar-refractivity contribution is 0.171. The van der Waals surface area contributed by atoms with Gasteiger partial charge in [0, 0.05) is 17.4 Å². The first kappa shape index (κ1) is 15.6. The molecule has 0 amide bonds. The quantitative estimate of drug-likeness (QED) is 0.710.